The number of fused-ring (bicyclic) bond motifs is 5. The van der Waals surface area contributed by atoms with E-state index in [1.807, 2.05) is 0 Å². The van der Waals surface area contributed by atoms with E-state index >= 15 is 0 Å². The molecule has 4 aliphatic rings. The summed E-state index contributed by atoms with van der Waals surface area (Å²) in [5, 5.41) is 33.0. The molecule has 4 aliphatic carbocycles. The van der Waals surface area contributed by atoms with Crippen LogP contribution in [0.25, 0.3) is 0 Å². The number of hydrogen-bond acceptors (Lipinski definition) is 4. The van der Waals surface area contributed by atoms with Gasteiger partial charge in [0.05, 0.1) is 17.8 Å². The van der Waals surface area contributed by atoms with Crippen LogP contribution in [-0.2, 0) is 0 Å². The Bertz CT molecular complexity index is 624. The van der Waals surface area contributed by atoms with E-state index in [0.29, 0.717) is 23.7 Å². The third kappa shape index (κ3) is 4.13. The molecule has 5 N–H and O–H groups in total. The van der Waals surface area contributed by atoms with Gasteiger partial charge in [0.15, 0.2) is 0 Å². The van der Waals surface area contributed by atoms with Crippen molar-refractivity contribution < 1.29 is 15.3 Å². The van der Waals surface area contributed by atoms with Crippen LogP contribution < -0.4 is 5.73 Å². The molecule has 0 aromatic rings. The van der Waals surface area contributed by atoms with E-state index in [2.05, 4.69) is 20.8 Å². The van der Waals surface area contributed by atoms with Gasteiger partial charge in [-0.15, -0.1) is 0 Å². The van der Waals surface area contributed by atoms with E-state index in [-0.39, 0.29) is 29.0 Å². The second kappa shape index (κ2) is 8.89. The van der Waals surface area contributed by atoms with Crippen LogP contribution in [0.1, 0.15) is 104 Å². The van der Waals surface area contributed by atoms with Crippen molar-refractivity contribution in [2.75, 3.05) is 6.54 Å². The van der Waals surface area contributed by atoms with E-state index in [1.54, 1.807) is 0 Å². The quantitative estimate of drug-likeness (QED) is 0.439. The average Bonchev–Trinajstić information content (AvgIpc) is 3.08. The summed E-state index contributed by atoms with van der Waals surface area (Å²) in [6.45, 7) is 7.78. The monoisotopic (exact) mass is 435 g/mol. The van der Waals surface area contributed by atoms with Gasteiger partial charge in [-0.2, -0.15) is 0 Å². The molecule has 0 saturated heterocycles. The first-order chi connectivity index (χ1) is 14.6. The Morgan fingerprint density at radius 3 is 2.26 bits per heavy atom. The van der Waals surface area contributed by atoms with E-state index in [4.69, 9.17) is 5.73 Å². The second-order valence-corrected chi connectivity index (χ2v) is 12.7. The third-order valence-electron chi connectivity index (χ3n) is 11.0. The van der Waals surface area contributed by atoms with E-state index in [1.165, 1.54) is 32.1 Å². The maximum Gasteiger partial charge on any atom is 0.0653 e. The first-order valence-corrected chi connectivity index (χ1v) is 13.4. The highest BCUT2D eigenvalue weighted by molar-refractivity contribution is 5.13. The molecule has 4 nitrogen and oxygen atoms in total. The van der Waals surface area contributed by atoms with Crippen molar-refractivity contribution in [2.24, 2.45) is 46.2 Å². The Morgan fingerprint density at radius 2 is 1.52 bits per heavy atom. The molecule has 0 amide bonds. The number of nitrogens with two attached hydrogens (primary N) is 1. The first kappa shape index (κ1) is 24.0. The number of hydrogen-bond donors (Lipinski definition) is 4. The normalized spacial score (nSPS) is 49.1. The number of aliphatic hydroxyl groups is 3. The van der Waals surface area contributed by atoms with Crippen molar-refractivity contribution in [3.05, 3.63) is 0 Å². The lowest BCUT2D eigenvalue weighted by Crippen LogP contribution is -2.59. The smallest absolute Gasteiger partial charge is 0.0653 e. The van der Waals surface area contributed by atoms with E-state index < -0.39 is 5.60 Å². The molecule has 0 heterocycles. The van der Waals surface area contributed by atoms with Crippen LogP contribution in [0.4, 0.5) is 0 Å². The lowest BCUT2D eigenvalue weighted by molar-refractivity contribution is -0.179. The molecule has 4 saturated carbocycles. The van der Waals surface area contributed by atoms with Crippen molar-refractivity contribution in [3.63, 3.8) is 0 Å². The summed E-state index contributed by atoms with van der Waals surface area (Å²) in [6, 6.07) is 0. The zero-order chi connectivity index (χ0) is 22.4. The highest BCUT2D eigenvalue weighted by Crippen LogP contribution is 2.68. The van der Waals surface area contributed by atoms with Gasteiger partial charge in [0.1, 0.15) is 0 Å². The molecule has 31 heavy (non-hydrogen) atoms. The Kier molecular flexibility index (Phi) is 6.88. The summed E-state index contributed by atoms with van der Waals surface area (Å²) in [6.07, 6.45) is 13.4. The molecule has 1 unspecified atom stereocenters. The lowest BCUT2D eigenvalue weighted by atomic mass is 9.43. The van der Waals surface area contributed by atoms with Gasteiger partial charge in [-0.25, -0.2) is 0 Å². The van der Waals surface area contributed by atoms with Gasteiger partial charge in [0.25, 0.3) is 0 Å². The molecule has 0 aliphatic heterocycles. The lowest BCUT2D eigenvalue weighted by Gasteiger charge is -2.62. The summed E-state index contributed by atoms with van der Waals surface area (Å²) in [7, 11) is 0. The Hall–Kier alpha value is -0.160. The van der Waals surface area contributed by atoms with Crippen molar-refractivity contribution in [1.29, 1.82) is 0 Å². The van der Waals surface area contributed by atoms with Crippen LogP contribution in [0.5, 0.6) is 0 Å². The number of aliphatic hydroxyl groups excluding tert-OH is 2. The van der Waals surface area contributed by atoms with Crippen LogP contribution in [0, 0.1) is 40.4 Å². The predicted octanol–water partition coefficient (Wildman–Crippen LogP) is 4.64. The summed E-state index contributed by atoms with van der Waals surface area (Å²) in [4.78, 5) is 0. The zero-order valence-electron chi connectivity index (χ0n) is 20.4. The fourth-order valence-electron chi connectivity index (χ4n) is 9.45. The van der Waals surface area contributed by atoms with E-state index in [0.717, 1.165) is 57.9 Å². The van der Waals surface area contributed by atoms with Gasteiger partial charge in [0.2, 0.25) is 0 Å². The molecule has 0 spiro atoms. The van der Waals surface area contributed by atoms with Gasteiger partial charge in [-0.3, -0.25) is 0 Å². The molecule has 4 heteroatoms. The summed E-state index contributed by atoms with van der Waals surface area (Å²) in [5.41, 5.74) is 5.40. The predicted molar refractivity (Wildman–Crippen MR) is 125 cm³/mol. The van der Waals surface area contributed by atoms with Gasteiger partial charge >= 0.3 is 0 Å². The van der Waals surface area contributed by atoms with Gasteiger partial charge in [0, 0.05) is 0 Å². The van der Waals surface area contributed by atoms with Crippen molar-refractivity contribution in [1.82, 2.24) is 0 Å². The van der Waals surface area contributed by atoms with Crippen LogP contribution in [-0.4, -0.2) is 39.7 Å². The van der Waals surface area contributed by atoms with Crippen molar-refractivity contribution in [3.8, 4) is 0 Å². The second-order valence-electron chi connectivity index (χ2n) is 12.7. The summed E-state index contributed by atoms with van der Waals surface area (Å²) < 4.78 is 0. The molecular formula is C27H49NO3. The molecule has 10 atom stereocenters. The fourth-order valence-corrected chi connectivity index (χ4v) is 9.45. The topological polar surface area (TPSA) is 86.7 Å². The van der Waals surface area contributed by atoms with Gasteiger partial charge < -0.3 is 21.1 Å². The average molecular weight is 436 g/mol. The van der Waals surface area contributed by atoms with Crippen LogP contribution in [0.15, 0.2) is 0 Å². The third-order valence-corrected chi connectivity index (χ3v) is 11.0. The Labute approximate surface area is 190 Å². The van der Waals surface area contributed by atoms with Crippen LogP contribution in [0.3, 0.4) is 0 Å². The molecule has 0 radical (unpaired) electrons. The molecule has 180 valence electrons. The molecule has 4 rings (SSSR count). The maximum absolute atomic E-state index is 11.6. The number of rotatable bonds is 7. The molecule has 0 aromatic carbocycles. The minimum atomic E-state index is -0.590. The van der Waals surface area contributed by atoms with Gasteiger partial charge in [-0.1, -0.05) is 33.1 Å². The van der Waals surface area contributed by atoms with Crippen molar-refractivity contribution >= 4 is 0 Å². The highest BCUT2D eigenvalue weighted by atomic mass is 16.3. The Morgan fingerprint density at radius 1 is 0.839 bits per heavy atom. The minimum Gasteiger partial charge on any atom is -0.393 e. The number of unbranched alkanes of at least 4 members (excludes halogenated alkanes) is 3. The molecule has 0 aromatic heterocycles. The zero-order valence-corrected chi connectivity index (χ0v) is 20.4. The largest absolute Gasteiger partial charge is 0.393 e. The fraction of sp³-hybridized carbons (Fsp3) is 1.00. The Balaban J connectivity index is 1.48. The standard InChI is InChI=1S/C27H49NO3/c1-25-13-10-18(29)16-22(25)23(30)17-19-20-8-9-24(26(20,2)14-11-21(19)25)27(3,31)12-6-4-5-7-15-28/h18-24,29-31H,4-17,28H2,1-3H3/t18-,19-,20-,21?,22+,23-,24-,25+,26-,27-/m0/s1. The van der Waals surface area contributed by atoms with Gasteiger partial charge in [-0.05, 0) is 118 Å². The van der Waals surface area contributed by atoms with E-state index in [9.17, 15) is 15.3 Å². The molecule has 4 fully saturated rings. The summed E-state index contributed by atoms with van der Waals surface area (Å²) in [5.74, 6) is 2.51. The molecular weight excluding hydrogens is 386 g/mol. The van der Waals surface area contributed by atoms with Crippen LogP contribution in [0.2, 0.25) is 0 Å². The van der Waals surface area contributed by atoms with Crippen molar-refractivity contribution in [2.45, 2.75) is 122 Å². The maximum atomic E-state index is 11.6. The first-order valence-electron chi connectivity index (χ1n) is 13.4. The molecule has 0 bridgehead atoms. The highest BCUT2D eigenvalue weighted by Gasteiger charge is 2.63. The van der Waals surface area contributed by atoms with Crippen LogP contribution >= 0.6 is 0 Å². The minimum absolute atomic E-state index is 0.173. The SMILES string of the molecule is C[C@]12CCC3[C@@H](C[C@H](O)[C@H]4C[C@@H](O)CC[C@]34C)[C@@H]1CC[C@@H]2[C@@](C)(O)CCCCCCN. The summed E-state index contributed by atoms with van der Waals surface area (Å²) >= 11 is 0.